The van der Waals surface area contributed by atoms with E-state index in [2.05, 4.69) is 15.3 Å². The van der Waals surface area contributed by atoms with E-state index in [9.17, 15) is 18.0 Å². The van der Waals surface area contributed by atoms with Crippen molar-refractivity contribution in [2.75, 3.05) is 18.4 Å². The number of anilines is 1. The van der Waals surface area contributed by atoms with E-state index in [0.717, 1.165) is 19.4 Å². The first-order valence-electron chi connectivity index (χ1n) is 5.96. The summed E-state index contributed by atoms with van der Waals surface area (Å²) in [5.74, 6) is -2.20. The van der Waals surface area contributed by atoms with E-state index in [4.69, 9.17) is 21.5 Å². The number of halogens is 4. The van der Waals surface area contributed by atoms with Gasteiger partial charge in [-0.05, 0) is 6.42 Å². The molecule has 0 saturated carbocycles. The van der Waals surface area contributed by atoms with Crippen molar-refractivity contribution in [2.24, 2.45) is 0 Å². The number of hydrogen-bond donors (Lipinski definition) is 2. The third-order valence-corrected chi connectivity index (χ3v) is 2.76. The Morgan fingerprint density at radius 1 is 1.45 bits per heavy atom. The number of carbonyl (C=O) groups is 2. The highest BCUT2D eigenvalue weighted by Crippen LogP contribution is 2.13. The van der Waals surface area contributed by atoms with E-state index < -0.39 is 12.1 Å². The van der Waals surface area contributed by atoms with E-state index in [-0.39, 0.29) is 6.04 Å². The van der Waals surface area contributed by atoms with Gasteiger partial charge in [0.15, 0.2) is 0 Å². The Kier molecular flexibility index (Phi) is 6.35. The fraction of sp³-hybridized carbons (Fsp3) is 0.455. The molecule has 22 heavy (non-hydrogen) atoms. The predicted molar refractivity (Wildman–Crippen MR) is 70.4 cm³/mol. The number of nitrogens with zero attached hydrogens (tertiary/aromatic N) is 3. The molecule has 7 nitrogen and oxygen atoms in total. The molecule has 122 valence electrons. The topological polar surface area (TPSA) is 95.4 Å². The molecule has 1 unspecified atom stereocenters. The zero-order chi connectivity index (χ0) is 16.8. The molecule has 0 bridgehead atoms. The van der Waals surface area contributed by atoms with Gasteiger partial charge in [0, 0.05) is 19.1 Å². The average molecular weight is 341 g/mol. The Balaban J connectivity index is 0.000000295. The molecule has 11 heteroatoms. The molecule has 1 atom stereocenters. The minimum absolute atomic E-state index is 0.233. The fourth-order valence-electron chi connectivity index (χ4n) is 1.57. The van der Waals surface area contributed by atoms with E-state index >= 15 is 0 Å². The second-order valence-electron chi connectivity index (χ2n) is 4.26. The molecular weight excluding hydrogens is 329 g/mol. The van der Waals surface area contributed by atoms with Crippen molar-refractivity contribution in [3.8, 4) is 0 Å². The minimum Gasteiger partial charge on any atom is -0.475 e. The maximum atomic E-state index is 10.6. The first kappa shape index (κ1) is 18.0. The van der Waals surface area contributed by atoms with Gasteiger partial charge in [-0.25, -0.2) is 14.8 Å². The van der Waals surface area contributed by atoms with E-state index in [1.165, 1.54) is 0 Å². The molecule has 1 aliphatic heterocycles. The molecule has 2 N–H and O–H groups in total. The monoisotopic (exact) mass is 340 g/mol. The van der Waals surface area contributed by atoms with Crippen LogP contribution in [0.4, 0.5) is 19.1 Å². The van der Waals surface area contributed by atoms with Crippen LogP contribution >= 0.6 is 11.6 Å². The maximum absolute atomic E-state index is 10.6. The largest absolute Gasteiger partial charge is 0.490 e. The first-order chi connectivity index (χ1) is 10.2. The first-order valence-corrected chi connectivity index (χ1v) is 6.33. The summed E-state index contributed by atoms with van der Waals surface area (Å²) in [5, 5.41) is 10.8. The number of carbonyl (C=O) groups excluding carboxylic acids is 1. The summed E-state index contributed by atoms with van der Waals surface area (Å²) in [7, 11) is 0. The molecule has 2 heterocycles. The molecule has 1 amide bonds. The van der Waals surface area contributed by atoms with Crippen molar-refractivity contribution in [1.82, 2.24) is 14.9 Å². The number of amides is 1. The molecule has 0 radical (unpaired) electrons. The van der Waals surface area contributed by atoms with Crippen LogP contribution in [0.1, 0.15) is 6.42 Å². The smallest absolute Gasteiger partial charge is 0.475 e. The van der Waals surface area contributed by atoms with Crippen LogP contribution in [-0.4, -0.2) is 57.7 Å². The van der Waals surface area contributed by atoms with Crippen LogP contribution < -0.4 is 5.32 Å². The van der Waals surface area contributed by atoms with Gasteiger partial charge >= 0.3 is 12.1 Å². The lowest BCUT2D eigenvalue weighted by atomic mass is 10.3. The number of likely N-dealkylation sites (tertiary alicyclic amines) is 1. The van der Waals surface area contributed by atoms with Crippen LogP contribution in [0.2, 0.25) is 5.02 Å². The van der Waals surface area contributed by atoms with Crippen LogP contribution in [0.5, 0.6) is 0 Å². The number of aliphatic carboxylic acids is 1. The normalized spacial score (nSPS) is 17.5. The zero-order valence-corrected chi connectivity index (χ0v) is 11.8. The lowest BCUT2D eigenvalue weighted by molar-refractivity contribution is -0.192. The maximum Gasteiger partial charge on any atom is 0.490 e. The van der Waals surface area contributed by atoms with Crippen LogP contribution in [0, 0.1) is 0 Å². The second kappa shape index (κ2) is 7.78. The van der Waals surface area contributed by atoms with Gasteiger partial charge in [-0.15, -0.1) is 0 Å². The molecule has 1 aliphatic rings. The molecule has 0 spiro atoms. The van der Waals surface area contributed by atoms with Crippen LogP contribution in [-0.2, 0) is 9.59 Å². The molecule has 1 fully saturated rings. The van der Waals surface area contributed by atoms with Crippen LogP contribution in [0.25, 0.3) is 0 Å². The third-order valence-electron chi connectivity index (χ3n) is 2.56. The van der Waals surface area contributed by atoms with Gasteiger partial charge in [-0.1, -0.05) is 11.6 Å². The number of nitrogens with one attached hydrogen (secondary N) is 1. The van der Waals surface area contributed by atoms with E-state index in [1.54, 1.807) is 17.3 Å². The summed E-state index contributed by atoms with van der Waals surface area (Å²) >= 11 is 5.67. The van der Waals surface area contributed by atoms with Gasteiger partial charge < -0.3 is 15.3 Å². The lowest BCUT2D eigenvalue weighted by Gasteiger charge is -2.12. The SMILES string of the molecule is O=C(O)C(F)(F)F.O=CN1CCC(Nc2ncc(Cl)cn2)C1. The van der Waals surface area contributed by atoms with Crippen molar-refractivity contribution in [1.29, 1.82) is 0 Å². The third kappa shape index (κ3) is 6.12. The highest BCUT2D eigenvalue weighted by Gasteiger charge is 2.38. The summed E-state index contributed by atoms with van der Waals surface area (Å²) in [6, 6.07) is 0.233. The second-order valence-corrected chi connectivity index (χ2v) is 4.69. The predicted octanol–water partition coefficient (Wildman–Crippen LogP) is 1.41. The molecule has 1 saturated heterocycles. The van der Waals surface area contributed by atoms with Crippen molar-refractivity contribution in [3.05, 3.63) is 17.4 Å². The lowest BCUT2D eigenvalue weighted by Crippen LogP contribution is -2.25. The Hall–Kier alpha value is -2.10. The number of hydrogen-bond acceptors (Lipinski definition) is 5. The highest BCUT2D eigenvalue weighted by molar-refractivity contribution is 6.30. The van der Waals surface area contributed by atoms with Gasteiger partial charge in [0.2, 0.25) is 12.4 Å². The van der Waals surface area contributed by atoms with E-state index in [0.29, 0.717) is 17.5 Å². The molecule has 1 aromatic heterocycles. The fourth-order valence-corrected chi connectivity index (χ4v) is 1.67. The van der Waals surface area contributed by atoms with Crippen molar-refractivity contribution in [3.63, 3.8) is 0 Å². The van der Waals surface area contributed by atoms with Gasteiger partial charge in [0.05, 0.1) is 17.4 Å². The molecule has 0 aromatic carbocycles. The highest BCUT2D eigenvalue weighted by atomic mass is 35.5. The van der Waals surface area contributed by atoms with Crippen molar-refractivity contribution in [2.45, 2.75) is 18.6 Å². The molecule has 0 aliphatic carbocycles. The van der Waals surface area contributed by atoms with Crippen LogP contribution in [0.3, 0.4) is 0 Å². The summed E-state index contributed by atoms with van der Waals surface area (Å²) in [4.78, 5) is 29.2. The Labute approximate surface area is 128 Å². The van der Waals surface area contributed by atoms with Crippen molar-refractivity contribution >= 4 is 29.9 Å². The number of alkyl halides is 3. The number of carboxylic acid groups (broad SMARTS) is 1. The number of aromatic nitrogens is 2. The van der Waals surface area contributed by atoms with Gasteiger partial charge in [0.25, 0.3) is 0 Å². The Morgan fingerprint density at radius 2 is 2.00 bits per heavy atom. The molecule has 2 rings (SSSR count). The van der Waals surface area contributed by atoms with Gasteiger partial charge in [-0.2, -0.15) is 13.2 Å². The Morgan fingerprint density at radius 3 is 2.41 bits per heavy atom. The quantitative estimate of drug-likeness (QED) is 0.808. The van der Waals surface area contributed by atoms with E-state index in [1.807, 2.05) is 0 Å². The zero-order valence-electron chi connectivity index (χ0n) is 11.0. The number of rotatable bonds is 3. The van der Waals surface area contributed by atoms with Gasteiger partial charge in [-0.3, -0.25) is 4.79 Å². The molecule has 1 aromatic rings. The summed E-state index contributed by atoms with van der Waals surface area (Å²) in [6.07, 6.45) is -0.207. The summed E-state index contributed by atoms with van der Waals surface area (Å²) in [6.45, 7) is 1.49. The van der Waals surface area contributed by atoms with Crippen molar-refractivity contribution < 1.29 is 27.9 Å². The Bertz CT molecular complexity index is 512. The average Bonchev–Trinajstić information content (AvgIpc) is 2.89. The molecular formula is C11H12ClF3N4O3. The standard InChI is InChI=1S/C9H11ClN4O.C2HF3O2/c10-7-3-11-9(12-4-7)13-8-1-2-14(5-8)6-15;3-2(4,5)1(6)7/h3-4,6,8H,1-2,5H2,(H,11,12,13);(H,6,7). The van der Waals surface area contributed by atoms with Crippen LogP contribution in [0.15, 0.2) is 12.4 Å². The van der Waals surface area contributed by atoms with Gasteiger partial charge in [0.1, 0.15) is 0 Å². The summed E-state index contributed by atoms with van der Waals surface area (Å²) < 4.78 is 31.7. The number of carboxylic acids is 1. The summed E-state index contributed by atoms with van der Waals surface area (Å²) in [5.41, 5.74) is 0. The minimum atomic E-state index is -5.08.